The number of aliphatic hydroxyl groups is 1. The van der Waals surface area contributed by atoms with Gasteiger partial charge in [-0.25, -0.2) is 4.98 Å². The lowest BCUT2D eigenvalue weighted by Crippen LogP contribution is -2.29. The Morgan fingerprint density at radius 3 is 2.53 bits per heavy atom. The molecule has 0 spiro atoms. The minimum Gasteiger partial charge on any atom is -0.507 e. The third-order valence-corrected chi connectivity index (χ3v) is 7.31. The van der Waals surface area contributed by atoms with Gasteiger partial charge in [-0.15, -0.1) is 0 Å². The molecule has 182 valence electrons. The summed E-state index contributed by atoms with van der Waals surface area (Å²) < 4.78 is 6.06. The second-order valence-corrected chi connectivity index (χ2v) is 9.94. The second kappa shape index (κ2) is 9.29. The first-order chi connectivity index (χ1) is 17.3. The molecule has 1 fully saturated rings. The molecule has 1 aliphatic rings. The summed E-state index contributed by atoms with van der Waals surface area (Å²) in [6, 6.07) is 18.6. The number of hydrogen-bond acceptors (Lipinski definition) is 7. The van der Waals surface area contributed by atoms with Crippen molar-refractivity contribution < 1.29 is 19.4 Å². The van der Waals surface area contributed by atoms with Crippen LogP contribution in [0.1, 0.15) is 17.2 Å². The quantitative estimate of drug-likeness (QED) is 0.208. The summed E-state index contributed by atoms with van der Waals surface area (Å²) in [7, 11) is 5.37. The van der Waals surface area contributed by atoms with E-state index in [0.29, 0.717) is 32.5 Å². The van der Waals surface area contributed by atoms with E-state index in [1.807, 2.05) is 43.3 Å². The number of thiazole rings is 1. The van der Waals surface area contributed by atoms with Crippen molar-refractivity contribution in [3.8, 4) is 5.75 Å². The number of anilines is 2. The highest BCUT2D eigenvalue weighted by Crippen LogP contribution is 2.45. The number of carbonyl (C=O) groups is 2. The molecule has 1 N–H and O–H groups in total. The number of amides is 1. The van der Waals surface area contributed by atoms with Crippen molar-refractivity contribution in [3.63, 3.8) is 0 Å². The van der Waals surface area contributed by atoms with Crippen LogP contribution >= 0.6 is 22.9 Å². The molecule has 36 heavy (non-hydrogen) atoms. The van der Waals surface area contributed by atoms with Crippen molar-refractivity contribution in [2.24, 2.45) is 0 Å². The molecule has 0 bridgehead atoms. The van der Waals surface area contributed by atoms with Crippen LogP contribution in [0, 0.1) is 0 Å². The van der Waals surface area contributed by atoms with Crippen molar-refractivity contribution in [3.05, 3.63) is 88.5 Å². The minimum atomic E-state index is -0.872. The third-order valence-electron chi connectivity index (χ3n) is 6.06. The molecule has 1 aliphatic heterocycles. The summed E-state index contributed by atoms with van der Waals surface area (Å²) in [4.78, 5) is 34.7. The van der Waals surface area contributed by atoms with E-state index in [1.54, 1.807) is 42.5 Å². The lowest BCUT2D eigenvalue weighted by Gasteiger charge is -2.23. The van der Waals surface area contributed by atoms with Gasteiger partial charge in [0.15, 0.2) is 5.13 Å². The fourth-order valence-corrected chi connectivity index (χ4v) is 5.48. The smallest absolute Gasteiger partial charge is 0.301 e. The summed E-state index contributed by atoms with van der Waals surface area (Å²) >= 11 is 7.41. The SMILES string of the molecule is COc1cccc(/C(O)=C2\C(=O)C(=O)N(c3nc4ccc(Cl)cc4s3)C2c2ccc(N(C)C)cc2)c1. The number of fused-ring (bicyclic) bond motifs is 1. The second-order valence-electron chi connectivity index (χ2n) is 8.50. The lowest BCUT2D eigenvalue weighted by molar-refractivity contribution is -0.132. The van der Waals surface area contributed by atoms with Crippen molar-refractivity contribution in [1.29, 1.82) is 0 Å². The predicted molar refractivity (Wildman–Crippen MR) is 143 cm³/mol. The van der Waals surface area contributed by atoms with Crippen LogP contribution in [0.15, 0.2) is 72.3 Å². The van der Waals surface area contributed by atoms with E-state index in [0.717, 1.165) is 10.4 Å². The average molecular weight is 520 g/mol. The van der Waals surface area contributed by atoms with Crippen molar-refractivity contribution in [2.45, 2.75) is 6.04 Å². The highest BCUT2D eigenvalue weighted by atomic mass is 35.5. The van der Waals surface area contributed by atoms with Gasteiger partial charge in [-0.2, -0.15) is 0 Å². The third kappa shape index (κ3) is 4.08. The van der Waals surface area contributed by atoms with Crippen LogP contribution in [0.25, 0.3) is 16.0 Å². The molecule has 0 radical (unpaired) electrons. The van der Waals surface area contributed by atoms with Gasteiger partial charge in [0, 0.05) is 30.4 Å². The van der Waals surface area contributed by atoms with Crippen LogP contribution in [0.3, 0.4) is 0 Å². The Balaban J connectivity index is 1.72. The average Bonchev–Trinajstić information content (AvgIpc) is 3.41. The van der Waals surface area contributed by atoms with Gasteiger partial charge >= 0.3 is 5.91 Å². The Bertz CT molecular complexity index is 1530. The molecule has 1 saturated heterocycles. The Kier molecular flexibility index (Phi) is 6.15. The predicted octanol–water partition coefficient (Wildman–Crippen LogP) is 5.65. The zero-order valence-electron chi connectivity index (χ0n) is 19.7. The minimum absolute atomic E-state index is 0.0110. The number of nitrogens with zero attached hydrogens (tertiary/aromatic N) is 3. The first kappa shape index (κ1) is 23.8. The van der Waals surface area contributed by atoms with Crippen LogP contribution < -0.4 is 14.5 Å². The summed E-state index contributed by atoms with van der Waals surface area (Å²) in [5.41, 5.74) is 2.65. The Morgan fingerprint density at radius 1 is 1.08 bits per heavy atom. The first-order valence-corrected chi connectivity index (χ1v) is 12.3. The molecule has 1 unspecified atom stereocenters. The highest BCUT2D eigenvalue weighted by Gasteiger charge is 2.48. The zero-order chi connectivity index (χ0) is 25.6. The van der Waals surface area contributed by atoms with Crippen LogP contribution in [-0.2, 0) is 9.59 Å². The molecule has 0 saturated carbocycles. The molecule has 5 rings (SSSR count). The van der Waals surface area contributed by atoms with Gasteiger partial charge in [0.05, 0.1) is 28.9 Å². The van der Waals surface area contributed by atoms with Crippen molar-refractivity contribution in [1.82, 2.24) is 4.98 Å². The largest absolute Gasteiger partial charge is 0.507 e. The molecule has 1 atom stereocenters. The maximum atomic E-state index is 13.4. The number of Topliss-reactive ketones (excluding diaryl/α,β-unsaturated/α-hetero) is 1. The molecule has 2 heterocycles. The molecule has 7 nitrogen and oxygen atoms in total. The molecule has 0 aliphatic carbocycles. The van der Waals surface area contributed by atoms with E-state index < -0.39 is 17.7 Å². The van der Waals surface area contributed by atoms with Crippen LogP contribution in [-0.4, -0.2) is 43.0 Å². The van der Waals surface area contributed by atoms with E-state index in [9.17, 15) is 14.7 Å². The summed E-state index contributed by atoms with van der Waals surface area (Å²) in [5, 5.41) is 12.2. The van der Waals surface area contributed by atoms with Gasteiger partial charge in [-0.1, -0.05) is 47.2 Å². The lowest BCUT2D eigenvalue weighted by atomic mass is 9.95. The number of benzene rings is 3. The number of hydrogen-bond donors (Lipinski definition) is 1. The van der Waals surface area contributed by atoms with E-state index in [2.05, 4.69) is 4.98 Å². The molecule has 9 heteroatoms. The van der Waals surface area contributed by atoms with Crippen LogP contribution in [0.4, 0.5) is 10.8 Å². The molecule has 3 aromatic carbocycles. The summed E-state index contributed by atoms with van der Waals surface area (Å²) in [6.45, 7) is 0. The summed E-state index contributed by atoms with van der Waals surface area (Å²) in [6.07, 6.45) is 0. The zero-order valence-corrected chi connectivity index (χ0v) is 21.3. The Morgan fingerprint density at radius 2 is 1.83 bits per heavy atom. The highest BCUT2D eigenvalue weighted by molar-refractivity contribution is 7.22. The molecule has 1 aromatic heterocycles. The van der Waals surface area contributed by atoms with E-state index in [1.165, 1.54) is 23.3 Å². The summed E-state index contributed by atoms with van der Waals surface area (Å²) in [5.74, 6) is -1.30. The number of rotatable bonds is 5. The van der Waals surface area contributed by atoms with E-state index >= 15 is 0 Å². The number of ketones is 1. The maximum Gasteiger partial charge on any atom is 0.301 e. The fraction of sp³-hybridized carbons (Fsp3) is 0.148. The molecular formula is C27H22ClN3O4S. The van der Waals surface area contributed by atoms with Gasteiger partial charge in [0.1, 0.15) is 11.5 Å². The number of aromatic nitrogens is 1. The van der Waals surface area contributed by atoms with Crippen molar-refractivity contribution >= 4 is 61.4 Å². The molecule has 1 amide bonds. The number of aliphatic hydroxyl groups excluding tert-OH is 1. The standard InChI is InChI=1S/C27H22ClN3O4S/c1-30(2)18-10-7-15(8-11-18)23-22(24(32)16-5-4-6-19(13-16)35-3)25(33)26(34)31(23)27-29-20-12-9-17(28)14-21(20)36-27/h4-14,23,32H,1-3H3/b24-22+. The van der Waals surface area contributed by atoms with E-state index in [4.69, 9.17) is 16.3 Å². The van der Waals surface area contributed by atoms with E-state index in [-0.39, 0.29) is 11.3 Å². The monoisotopic (exact) mass is 519 g/mol. The molecule has 4 aromatic rings. The number of carbonyl (C=O) groups excluding carboxylic acids is 2. The topological polar surface area (TPSA) is 83.0 Å². The number of ether oxygens (including phenoxy) is 1. The van der Waals surface area contributed by atoms with Gasteiger partial charge < -0.3 is 14.7 Å². The van der Waals surface area contributed by atoms with Crippen LogP contribution in [0.5, 0.6) is 5.75 Å². The number of halogens is 1. The number of methoxy groups -OCH3 is 1. The van der Waals surface area contributed by atoms with Gasteiger partial charge in [0.25, 0.3) is 5.78 Å². The maximum absolute atomic E-state index is 13.4. The normalized spacial score (nSPS) is 17.1. The Hall–Kier alpha value is -3.88. The van der Waals surface area contributed by atoms with Crippen molar-refractivity contribution in [2.75, 3.05) is 31.0 Å². The molecular weight excluding hydrogens is 498 g/mol. The first-order valence-electron chi connectivity index (χ1n) is 11.1. The van der Waals surface area contributed by atoms with Gasteiger partial charge in [-0.05, 0) is 48.0 Å². The van der Waals surface area contributed by atoms with Gasteiger partial charge in [0.2, 0.25) is 0 Å². The fourth-order valence-electron chi connectivity index (χ4n) is 4.22. The van der Waals surface area contributed by atoms with Gasteiger partial charge in [-0.3, -0.25) is 14.5 Å². The van der Waals surface area contributed by atoms with Crippen LogP contribution in [0.2, 0.25) is 5.02 Å². The Labute approximate surface area is 216 Å².